The van der Waals surface area contributed by atoms with Gasteiger partial charge in [-0.2, -0.15) is 0 Å². The van der Waals surface area contributed by atoms with E-state index in [1.807, 2.05) is 6.92 Å². The van der Waals surface area contributed by atoms with Crippen LogP contribution in [0.2, 0.25) is 0 Å². The Labute approximate surface area is 71.4 Å². The number of nitrogens with two attached hydrogens (primary N) is 1. The minimum atomic E-state index is 0.355. The molecule has 66 valence electrons. The lowest BCUT2D eigenvalue weighted by molar-refractivity contribution is 0.131. The van der Waals surface area contributed by atoms with Gasteiger partial charge in [0.1, 0.15) is 5.76 Å². The summed E-state index contributed by atoms with van der Waals surface area (Å²) >= 11 is 0. The Kier molecular flexibility index (Phi) is 1.86. The Morgan fingerprint density at radius 3 is 3.00 bits per heavy atom. The van der Waals surface area contributed by atoms with Gasteiger partial charge in [0.15, 0.2) is 6.39 Å². The van der Waals surface area contributed by atoms with Crippen LogP contribution in [0.15, 0.2) is 10.8 Å². The average Bonchev–Trinajstić information content (AvgIpc) is 2.33. The summed E-state index contributed by atoms with van der Waals surface area (Å²) in [6, 6.07) is 0.355. The first kappa shape index (κ1) is 7.76. The molecular formula is C8H13N3O. The Morgan fingerprint density at radius 1 is 1.75 bits per heavy atom. The number of oxazole rings is 1. The van der Waals surface area contributed by atoms with Gasteiger partial charge in [-0.05, 0) is 6.92 Å². The molecule has 0 unspecified atom stereocenters. The van der Waals surface area contributed by atoms with E-state index in [2.05, 4.69) is 9.88 Å². The van der Waals surface area contributed by atoms with Crippen molar-refractivity contribution in [3.05, 3.63) is 17.8 Å². The topological polar surface area (TPSA) is 55.3 Å². The van der Waals surface area contributed by atoms with Crippen LogP contribution in [0.3, 0.4) is 0 Å². The van der Waals surface area contributed by atoms with E-state index < -0.39 is 0 Å². The molecule has 0 bridgehead atoms. The molecule has 0 amide bonds. The second-order valence-corrected chi connectivity index (χ2v) is 3.32. The first-order chi connectivity index (χ1) is 5.75. The molecule has 2 heterocycles. The molecule has 0 aliphatic carbocycles. The number of likely N-dealkylation sites (tertiary alicyclic amines) is 1. The maximum atomic E-state index is 5.65. The van der Waals surface area contributed by atoms with Crippen LogP contribution < -0.4 is 5.73 Å². The number of nitrogens with zero attached hydrogens (tertiary/aromatic N) is 2. The smallest absolute Gasteiger partial charge is 0.181 e. The number of aromatic nitrogens is 1. The number of aryl methyl sites for hydroxylation is 1. The fourth-order valence-corrected chi connectivity index (χ4v) is 1.42. The monoisotopic (exact) mass is 167 g/mol. The van der Waals surface area contributed by atoms with Gasteiger partial charge < -0.3 is 10.2 Å². The molecule has 4 heteroatoms. The second-order valence-electron chi connectivity index (χ2n) is 3.32. The van der Waals surface area contributed by atoms with Crippen molar-refractivity contribution in [2.75, 3.05) is 13.1 Å². The molecule has 4 nitrogen and oxygen atoms in total. The van der Waals surface area contributed by atoms with Gasteiger partial charge in [0.05, 0.1) is 12.2 Å². The Hall–Kier alpha value is -0.870. The highest BCUT2D eigenvalue weighted by Gasteiger charge is 2.24. The first-order valence-electron chi connectivity index (χ1n) is 4.12. The van der Waals surface area contributed by atoms with Crippen LogP contribution >= 0.6 is 0 Å². The van der Waals surface area contributed by atoms with Gasteiger partial charge in [-0.15, -0.1) is 0 Å². The number of hydrogen-bond acceptors (Lipinski definition) is 4. The van der Waals surface area contributed by atoms with Crippen LogP contribution in [-0.4, -0.2) is 29.0 Å². The zero-order valence-corrected chi connectivity index (χ0v) is 7.16. The molecule has 1 aromatic heterocycles. The molecular weight excluding hydrogens is 154 g/mol. The molecule has 0 aromatic carbocycles. The lowest BCUT2D eigenvalue weighted by Gasteiger charge is -2.36. The fraction of sp³-hybridized carbons (Fsp3) is 0.625. The van der Waals surface area contributed by atoms with Crippen LogP contribution in [-0.2, 0) is 6.54 Å². The van der Waals surface area contributed by atoms with Gasteiger partial charge in [0.25, 0.3) is 0 Å². The first-order valence-corrected chi connectivity index (χ1v) is 4.12. The lowest BCUT2D eigenvalue weighted by Crippen LogP contribution is -2.54. The van der Waals surface area contributed by atoms with E-state index in [9.17, 15) is 0 Å². The molecule has 1 aliphatic heterocycles. The third-order valence-corrected chi connectivity index (χ3v) is 2.20. The summed E-state index contributed by atoms with van der Waals surface area (Å²) in [4.78, 5) is 6.27. The molecule has 1 aromatic rings. The third kappa shape index (κ3) is 1.35. The maximum absolute atomic E-state index is 5.65. The van der Waals surface area contributed by atoms with Gasteiger partial charge in [-0.1, -0.05) is 0 Å². The molecule has 0 spiro atoms. The highest BCUT2D eigenvalue weighted by molar-refractivity contribution is 5.05. The normalized spacial score (nSPS) is 19.5. The summed E-state index contributed by atoms with van der Waals surface area (Å²) < 4.78 is 5.21. The molecule has 0 atom stereocenters. The second kappa shape index (κ2) is 2.88. The minimum absolute atomic E-state index is 0.355. The van der Waals surface area contributed by atoms with E-state index in [4.69, 9.17) is 10.2 Å². The molecule has 12 heavy (non-hydrogen) atoms. The van der Waals surface area contributed by atoms with Gasteiger partial charge >= 0.3 is 0 Å². The zero-order chi connectivity index (χ0) is 8.55. The van der Waals surface area contributed by atoms with E-state index in [0.29, 0.717) is 6.04 Å². The van der Waals surface area contributed by atoms with Crippen molar-refractivity contribution in [1.29, 1.82) is 0 Å². The summed E-state index contributed by atoms with van der Waals surface area (Å²) in [5.74, 6) is 0.960. The van der Waals surface area contributed by atoms with Gasteiger partial charge in [0.2, 0.25) is 0 Å². The summed E-state index contributed by atoms with van der Waals surface area (Å²) in [5, 5.41) is 0. The van der Waals surface area contributed by atoms with E-state index in [1.165, 1.54) is 6.39 Å². The molecule has 1 saturated heterocycles. The molecule has 1 aliphatic rings. The molecule has 0 saturated carbocycles. The predicted molar refractivity (Wildman–Crippen MR) is 44.5 cm³/mol. The molecule has 0 radical (unpaired) electrons. The fourth-order valence-electron chi connectivity index (χ4n) is 1.42. The van der Waals surface area contributed by atoms with Crippen molar-refractivity contribution >= 4 is 0 Å². The summed E-state index contributed by atoms with van der Waals surface area (Å²) in [6.45, 7) is 4.75. The molecule has 2 N–H and O–H groups in total. The van der Waals surface area contributed by atoms with Crippen molar-refractivity contribution in [1.82, 2.24) is 9.88 Å². The van der Waals surface area contributed by atoms with Crippen molar-refractivity contribution < 1.29 is 4.42 Å². The highest BCUT2D eigenvalue weighted by atomic mass is 16.3. The quantitative estimate of drug-likeness (QED) is 0.680. The Bertz CT molecular complexity index is 265. The summed E-state index contributed by atoms with van der Waals surface area (Å²) in [7, 11) is 0. The van der Waals surface area contributed by atoms with Crippen LogP contribution in [0.1, 0.15) is 11.5 Å². The Balaban J connectivity index is 1.92. The molecule has 2 rings (SSSR count). The molecule has 1 fully saturated rings. The van der Waals surface area contributed by atoms with Crippen molar-refractivity contribution in [3.8, 4) is 0 Å². The van der Waals surface area contributed by atoms with Crippen LogP contribution in [0.25, 0.3) is 0 Å². The van der Waals surface area contributed by atoms with Crippen LogP contribution in [0.4, 0.5) is 0 Å². The van der Waals surface area contributed by atoms with Gasteiger partial charge in [-0.25, -0.2) is 4.98 Å². The van der Waals surface area contributed by atoms with Gasteiger partial charge in [-0.3, -0.25) is 4.90 Å². The van der Waals surface area contributed by atoms with E-state index >= 15 is 0 Å². The zero-order valence-electron chi connectivity index (χ0n) is 7.16. The lowest BCUT2D eigenvalue weighted by atomic mass is 10.1. The highest BCUT2D eigenvalue weighted by Crippen LogP contribution is 2.13. The standard InChI is InChI=1S/C8H13N3O/c1-6-8(12-5-10-6)4-11-2-7(9)3-11/h5,7H,2-4,9H2,1H3. The largest absolute Gasteiger partial charge is 0.447 e. The SMILES string of the molecule is Cc1ncoc1CN1CC(N)C1. The third-order valence-electron chi connectivity index (χ3n) is 2.20. The predicted octanol–water partition coefficient (Wildman–Crippen LogP) is 0.126. The van der Waals surface area contributed by atoms with Crippen molar-refractivity contribution in [2.45, 2.75) is 19.5 Å². The van der Waals surface area contributed by atoms with Crippen molar-refractivity contribution in [2.24, 2.45) is 5.73 Å². The minimum Gasteiger partial charge on any atom is -0.447 e. The summed E-state index contributed by atoms with van der Waals surface area (Å²) in [6.07, 6.45) is 1.49. The van der Waals surface area contributed by atoms with E-state index in [0.717, 1.165) is 31.1 Å². The van der Waals surface area contributed by atoms with Gasteiger partial charge in [0, 0.05) is 19.1 Å². The van der Waals surface area contributed by atoms with E-state index in [1.54, 1.807) is 0 Å². The van der Waals surface area contributed by atoms with Crippen LogP contribution in [0.5, 0.6) is 0 Å². The van der Waals surface area contributed by atoms with Crippen LogP contribution in [0, 0.1) is 6.92 Å². The van der Waals surface area contributed by atoms with E-state index in [-0.39, 0.29) is 0 Å². The Morgan fingerprint density at radius 2 is 2.50 bits per heavy atom. The number of rotatable bonds is 2. The van der Waals surface area contributed by atoms with Crippen molar-refractivity contribution in [3.63, 3.8) is 0 Å². The number of hydrogen-bond donors (Lipinski definition) is 1. The summed E-state index contributed by atoms with van der Waals surface area (Å²) in [5.41, 5.74) is 6.63. The average molecular weight is 167 g/mol. The maximum Gasteiger partial charge on any atom is 0.181 e.